The van der Waals surface area contributed by atoms with E-state index in [9.17, 15) is 4.79 Å². The van der Waals surface area contributed by atoms with Gasteiger partial charge < -0.3 is 9.88 Å². The summed E-state index contributed by atoms with van der Waals surface area (Å²) in [5.41, 5.74) is 2.74. The van der Waals surface area contributed by atoms with E-state index in [0.717, 1.165) is 11.3 Å². The van der Waals surface area contributed by atoms with Gasteiger partial charge in [0, 0.05) is 24.1 Å². The molecule has 0 saturated carbocycles. The molecule has 4 heteroatoms. The van der Waals surface area contributed by atoms with Gasteiger partial charge in [-0.3, -0.25) is 4.79 Å². The number of alkyl halides is 1. The van der Waals surface area contributed by atoms with Crippen LogP contribution in [0, 0.1) is 0 Å². The SMILES string of the molecule is C=Cc1ccn(CC(I)C(=O)NC(=C)/C=C\C)c1/C=C\C. The van der Waals surface area contributed by atoms with E-state index in [1.54, 1.807) is 6.08 Å². The third-order valence-electron chi connectivity index (χ3n) is 2.88. The molecule has 0 bridgehead atoms. The Balaban J connectivity index is 2.81. The number of nitrogens with zero attached hydrogens (tertiary/aromatic N) is 1. The van der Waals surface area contributed by atoms with Gasteiger partial charge in [-0.1, -0.05) is 54.0 Å². The van der Waals surface area contributed by atoms with E-state index in [1.165, 1.54) is 0 Å². The van der Waals surface area contributed by atoms with E-state index in [0.29, 0.717) is 12.2 Å². The molecule has 1 unspecified atom stereocenters. The summed E-state index contributed by atoms with van der Waals surface area (Å²) in [6.07, 6.45) is 11.4. The van der Waals surface area contributed by atoms with E-state index in [1.807, 2.05) is 50.4 Å². The average Bonchev–Trinajstić information content (AvgIpc) is 2.81. The highest BCUT2D eigenvalue weighted by molar-refractivity contribution is 14.1. The van der Waals surface area contributed by atoms with E-state index < -0.39 is 0 Å². The van der Waals surface area contributed by atoms with Gasteiger partial charge in [-0.2, -0.15) is 0 Å². The molecule has 0 radical (unpaired) electrons. The van der Waals surface area contributed by atoms with Crippen molar-refractivity contribution in [3.63, 3.8) is 0 Å². The summed E-state index contributed by atoms with van der Waals surface area (Å²) in [5, 5.41) is 2.79. The quantitative estimate of drug-likeness (QED) is 0.419. The van der Waals surface area contributed by atoms with Gasteiger partial charge in [-0.05, 0) is 37.6 Å². The van der Waals surface area contributed by atoms with Crippen LogP contribution in [0.4, 0.5) is 0 Å². The molecular formula is C17H21IN2O. The second-order valence-electron chi connectivity index (χ2n) is 4.49. The Bertz CT molecular complexity index is 582. The summed E-state index contributed by atoms with van der Waals surface area (Å²) in [4.78, 5) is 12.1. The third-order valence-corrected chi connectivity index (χ3v) is 3.84. The summed E-state index contributed by atoms with van der Waals surface area (Å²) in [5.74, 6) is -0.0426. The lowest BCUT2D eigenvalue weighted by atomic mass is 10.2. The first-order chi connectivity index (χ1) is 10.0. The summed E-state index contributed by atoms with van der Waals surface area (Å²) < 4.78 is 1.88. The van der Waals surface area contributed by atoms with E-state index in [-0.39, 0.29) is 9.83 Å². The van der Waals surface area contributed by atoms with E-state index in [2.05, 4.69) is 45.6 Å². The number of carbonyl (C=O) groups is 1. The van der Waals surface area contributed by atoms with Crippen molar-refractivity contribution in [1.82, 2.24) is 9.88 Å². The fourth-order valence-electron chi connectivity index (χ4n) is 1.92. The van der Waals surface area contributed by atoms with Crippen LogP contribution in [0.25, 0.3) is 12.2 Å². The Hall–Kier alpha value is -1.56. The van der Waals surface area contributed by atoms with Crippen LogP contribution in [0.5, 0.6) is 0 Å². The van der Waals surface area contributed by atoms with Gasteiger partial charge in [0.2, 0.25) is 5.91 Å². The van der Waals surface area contributed by atoms with Crippen molar-refractivity contribution in [3.05, 3.63) is 60.6 Å². The molecule has 0 fully saturated rings. The molecule has 1 N–H and O–H groups in total. The zero-order valence-corrected chi connectivity index (χ0v) is 14.6. The maximum absolute atomic E-state index is 12.1. The number of hydrogen-bond acceptors (Lipinski definition) is 1. The zero-order valence-electron chi connectivity index (χ0n) is 12.5. The number of nitrogens with one attached hydrogen (secondary N) is 1. The van der Waals surface area contributed by atoms with Crippen LogP contribution >= 0.6 is 22.6 Å². The Kier molecular flexibility index (Phi) is 7.22. The highest BCUT2D eigenvalue weighted by Crippen LogP contribution is 2.17. The molecule has 0 aliphatic rings. The second kappa shape index (κ2) is 8.67. The van der Waals surface area contributed by atoms with Gasteiger partial charge in [-0.25, -0.2) is 0 Å². The molecule has 1 aromatic heterocycles. The van der Waals surface area contributed by atoms with Gasteiger partial charge in [0.1, 0.15) is 3.92 Å². The summed E-state index contributed by atoms with van der Waals surface area (Å²) >= 11 is 2.15. The molecule has 21 heavy (non-hydrogen) atoms. The molecule has 0 aliphatic carbocycles. The molecule has 1 amide bonds. The van der Waals surface area contributed by atoms with Crippen LogP contribution in [-0.2, 0) is 11.3 Å². The standard InChI is InChI=1S/C17H21IN2O/c1-5-8-13(4)19-17(21)15(18)12-20-11-10-14(7-3)16(20)9-6-2/h5-11,15H,3-4,12H2,1-2H3,(H,19,21)/b8-5-,9-6-. The molecule has 1 atom stereocenters. The second-order valence-corrected chi connectivity index (χ2v) is 6.00. The van der Waals surface area contributed by atoms with Crippen LogP contribution in [0.15, 0.2) is 49.3 Å². The van der Waals surface area contributed by atoms with E-state index in [4.69, 9.17) is 0 Å². The summed E-state index contributed by atoms with van der Waals surface area (Å²) in [7, 11) is 0. The average molecular weight is 396 g/mol. The van der Waals surface area contributed by atoms with Crippen LogP contribution in [0.1, 0.15) is 25.1 Å². The fraction of sp³-hybridized carbons (Fsp3) is 0.235. The third kappa shape index (κ3) is 5.04. The molecule has 1 heterocycles. The van der Waals surface area contributed by atoms with Crippen molar-refractivity contribution >= 4 is 40.7 Å². The largest absolute Gasteiger partial charge is 0.346 e. The molecule has 3 nitrogen and oxygen atoms in total. The van der Waals surface area contributed by atoms with Crippen molar-refractivity contribution in [2.45, 2.75) is 24.3 Å². The minimum Gasteiger partial charge on any atom is -0.346 e. The smallest absolute Gasteiger partial charge is 0.239 e. The lowest BCUT2D eigenvalue weighted by molar-refractivity contribution is -0.119. The number of hydrogen-bond donors (Lipinski definition) is 1. The number of carbonyl (C=O) groups excluding carboxylic acids is 1. The Labute approximate surface area is 140 Å². The molecule has 0 spiro atoms. The molecule has 112 valence electrons. The normalized spacial score (nSPS) is 12.7. The molecule has 0 aliphatic heterocycles. The zero-order chi connectivity index (χ0) is 15.8. The Morgan fingerprint density at radius 3 is 2.76 bits per heavy atom. The predicted molar refractivity (Wildman–Crippen MR) is 99.1 cm³/mol. The maximum Gasteiger partial charge on any atom is 0.239 e. The van der Waals surface area contributed by atoms with Crippen molar-refractivity contribution in [1.29, 1.82) is 0 Å². The molecular weight excluding hydrogens is 375 g/mol. The first-order valence-electron chi connectivity index (χ1n) is 6.74. The van der Waals surface area contributed by atoms with Crippen molar-refractivity contribution in [2.75, 3.05) is 0 Å². The number of aromatic nitrogens is 1. The highest BCUT2D eigenvalue weighted by Gasteiger charge is 2.17. The minimum absolute atomic E-state index is 0.0426. The van der Waals surface area contributed by atoms with Crippen LogP contribution in [0.3, 0.4) is 0 Å². The monoisotopic (exact) mass is 396 g/mol. The van der Waals surface area contributed by atoms with Crippen molar-refractivity contribution in [3.8, 4) is 0 Å². The van der Waals surface area contributed by atoms with Gasteiger partial charge in [0.05, 0.1) is 0 Å². The van der Waals surface area contributed by atoms with Gasteiger partial charge in [0.15, 0.2) is 0 Å². The molecule has 0 saturated heterocycles. The lowest BCUT2D eigenvalue weighted by Crippen LogP contribution is -2.32. The van der Waals surface area contributed by atoms with Crippen LogP contribution in [-0.4, -0.2) is 14.4 Å². The maximum atomic E-state index is 12.1. The minimum atomic E-state index is -0.182. The fourth-order valence-corrected chi connectivity index (χ4v) is 2.50. The Morgan fingerprint density at radius 1 is 1.48 bits per heavy atom. The summed E-state index contributed by atoms with van der Waals surface area (Å²) in [6.45, 7) is 12.1. The van der Waals surface area contributed by atoms with Crippen LogP contribution in [0.2, 0.25) is 0 Å². The summed E-state index contributed by atoms with van der Waals surface area (Å²) in [6, 6.07) is 2.00. The first-order valence-corrected chi connectivity index (χ1v) is 7.98. The molecule has 0 aromatic carbocycles. The van der Waals surface area contributed by atoms with Gasteiger partial charge in [0.25, 0.3) is 0 Å². The predicted octanol–water partition coefficient (Wildman–Crippen LogP) is 4.17. The topological polar surface area (TPSA) is 34.0 Å². The van der Waals surface area contributed by atoms with Gasteiger partial charge in [-0.15, -0.1) is 0 Å². The van der Waals surface area contributed by atoms with Crippen molar-refractivity contribution < 1.29 is 4.79 Å². The number of rotatable bonds is 7. The lowest BCUT2D eigenvalue weighted by Gasteiger charge is -2.14. The first kappa shape index (κ1) is 17.5. The van der Waals surface area contributed by atoms with Gasteiger partial charge >= 0.3 is 0 Å². The van der Waals surface area contributed by atoms with Crippen molar-refractivity contribution in [2.24, 2.45) is 0 Å². The number of allylic oxidation sites excluding steroid dienone is 3. The highest BCUT2D eigenvalue weighted by atomic mass is 127. The Morgan fingerprint density at radius 2 is 2.19 bits per heavy atom. The number of amides is 1. The molecule has 1 rings (SSSR count). The van der Waals surface area contributed by atoms with Crippen LogP contribution < -0.4 is 5.32 Å². The molecule has 1 aromatic rings. The van der Waals surface area contributed by atoms with E-state index >= 15 is 0 Å². The number of halogens is 1.